The van der Waals surface area contributed by atoms with Crippen LogP contribution in [0.5, 0.6) is 5.75 Å². The summed E-state index contributed by atoms with van der Waals surface area (Å²) in [5, 5.41) is 15.7. The van der Waals surface area contributed by atoms with Crippen LogP contribution in [0.2, 0.25) is 0 Å². The number of nitrogens with one attached hydrogen (secondary N) is 2. The highest BCUT2D eigenvalue weighted by Crippen LogP contribution is 2.09. The number of benzene rings is 1. The fourth-order valence-corrected chi connectivity index (χ4v) is 1.25. The molecule has 1 rings (SSSR count). The Morgan fingerprint density at radius 3 is 2.71 bits per heavy atom. The molecule has 0 radical (unpaired) electrons. The third-order valence-electron chi connectivity index (χ3n) is 1.97. The second kappa shape index (κ2) is 6.40. The van der Waals surface area contributed by atoms with Gasteiger partial charge in [0.1, 0.15) is 5.75 Å². The van der Waals surface area contributed by atoms with Crippen LogP contribution in [0.15, 0.2) is 24.3 Å². The summed E-state index contributed by atoms with van der Waals surface area (Å²) in [5.41, 5.74) is 1.11. The van der Waals surface area contributed by atoms with Gasteiger partial charge in [-0.1, -0.05) is 19.1 Å². The van der Waals surface area contributed by atoms with Gasteiger partial charge in [-0.2, -0.15) is 0 Å². The molecule has 0 unspecified atom stereocenters. The van der Waals surface area contributed by atoms with Crippen LogP contribution in [0.3, 0.4) is 0 Å². The fraction of sp³-hybridized carbons (Fsp3) is 0.455. The van der Waals surface area contributed by atoms with Gasteiger partial charge in [-0.3, -0.25) is 0 Å². The average molecular weight is 194 g/mol. The van der Waals surface area contributed by atoms with Gasteiger partial charge in [-0.25, -0.2) is 0 Å². The lowest BCUT2D eigenvalue weighted by atomic mass is 10.2. The monoisotopic (exact) mass is 194 g/mol. The van der Waals surface area contributed by atoms with E-state index in [2.05, 4.69) is 17.6 Å². The molecule has 0 atom stereocenters. The van der Waals surface area contributed by atoms with E-state index in [4.69, 9.17) is 0 Å². The minimum Gasteiger partial charge on any atom is -0.508 e. The van der Waals surface area contributed by atoms with Crippen LogP contribution in [0.1, 0.15) is 12.5 Å². The largest absolute Gasteiger partial charge is 0.508 e. The van der Waals surface area contributed by atoms with Crippen LogP contribution in [0.25, 0.3) is 0 Å². The summed E-state index contributed by atoms with van der Waals surface area (Å²) < 4.78 is 0. The molecule has 3 nitrogen and oxygen atoms in total. The number of phenolic OH excluding ortho intramolecular Hbond substituents is 1. The smallest absolute Gasteiger partial charge is 0.115 e. The fourth-order valence-electron chi connectivity index (χ4n) is 1.25. The van der Waals surface area contributed by atoms with Gasteiger partial charge < -0.3 is 15.7 Å². The van der Waals surface area contributed by atoms with Crippen molar-refractivity contribution in [3.05, 3.63) is 29.8 Å². The minimum absolute atomic E-state index is 0.330. The minimum atomic E-state index is 0.330. The van der Waals surface area contributed by atoms with Gasteiger partial charge in [0.2, 0.25) is 0 Å². The number of likely N-dealkylation sites (N-methyl/N-ethyl adjacent to an activating group) is 1. The van der Waals surface area contributed by atoms with Crippen molar-refractivity contribution in [1.29, 1.82) is 0 Å². The lowest BCUT2D eigenvalue weighted by molar-refractivity contribution is 0.474. The molecule has 0 aliphatic rings. The molecule has 1 aromatic rings. The van der Waals surface area contributed by atoms with Crippen molar-refractivity contribution >= 4 is 0 Å². The first kappa shape index (κ1) is 11.0. The normalized spacial score (nSPS) is 10.4. The molecule has 0 spiro atoms. The molecule has 0 fully saturated rings. The predicted octanol–water partition coefficient (Wildman–Crippen LogP) is 1.09. The zero-order chi connectivity index (χ0) is 10.2. The van der Waals surface area contributed by atoms with Crippen molar-refractivity contribution < 1.29 is 5.11 Å². The molecular weight excluding hydrogens is 176 g/mol. The number of aromatic hydroxyl groups is 1. The van der Waals surface area contributed by atoms with Gasteiger partial charge in [0.15, 0.2) is 0 Å². The Kier molecular flexibility index (Phi) is 5.04. The molecule has 0 saturated carbocycles. The third-order valence-corrected chi connectivity index (χ3v) is 1.97. The van der Waals surface area contributed by atoms with Crippen LogP contribution < -0.4 is 10.6 Å². The summed E-state index contributed by atoms with van der Waals surface area (Å²) in [4.78, 5) is 0. The molecule has 0 amide bonds. The maximum absolute atomic E-state index is 9.21. The summed E-state index contributed by atoms with van der Waals surface area (Å²) in [5.74, 6) is 0.330. The van der Waals surface area contributed by atoms with E-state index in [9.17, 15) is 5.11 Å². The lowest BCUT2D eigenvalue weighted by Crippen LogP contribution is -2.26. The topological polar surface area (TPSA) is 44.3 Å². The summed E-state index contributed by atoms with van der Waals surface area (Å²) in [6.07, 6.45) is 0. The summed E-state index contributed by atoms with van der Waals surface area (Å²) in [6.45, 7) is 5.83. The van der Waals surface area contributed by atoms with E-state index in [-0.39, 0.29) is 0 Å². The van der Waals surface area contributed by atoms with Crippen molar-refractivity contribution in [2.45, 2.75) is 13.5 Å². The highest BCUT2D eigenvalue weighted by atomic mass is 16.3. The molecule has 0 aromatic heterocycles. The zero-order valence-electron chi connectivity index (χ0n) is 8.59. The molecule has 0 saturated heterocycles. The Hall–Kier alpha value is -1.06. The molecule has 0 aliphatic heterocycles. The summed E-state index contributed by atoms with van der Waals surface area (Å²) in [7, 11) is 0. The quantitative estimate of drug-likeness (QED) is 0.594. The Labute approximate surface area is 85.2 Å². The maximum atomic E-state index is 9.21. The van der Waals surface area contributed by atoms with Crippen molar-refractivity contribution in [2.75, 3.05) is 19.6 Å². The van der Waals surface area contributed by atoms with Crippen molar-refractivity contribution in [1.82, 2.24) is 10.6 Å². The van der Waals surface area contributed by atoms with E-state index in [1.807, 2.05) is 12.1 Å². The second-order valence-corrected chi connectivity index (χ2v) is 3.20. The molecule has 14 heavy (non-hydrogen) atoms. The number of hydrogen-bond donors (Lipinski definition) is 3. The molecule has 0 aliphatic carbocycles. The summed E-state index contributed by atoms with van der Waals surface area (Å²) >= 11 is 0. The maximum Gasteiger partial charge on any atom is 0.115 e. The van der Waals surface area contributed by atoms with Crippen LogP contribution >= 0.6 is 0 Å². The van der Waals surface area contributed by atoms with Crippen LogP contribution in [0.4, 0.5) is 0 Å². The van der Waals surface area contributed by atoms with Gasteiger partial charge in [0, 0.05) is 19.6 Å². The van der Waals surface area contributed by atoms with E-state index in [1.54, 1.807) is 12.1 Å². The first-order valence-corrected chi connectivity index (χ1v) is 5.02. The predicted molar refractivity (Wildman–Crippen MR) is 58.4 cm³/mol. The SMILES string of the molecule is CCNCCNCc1cccc(O)c1. The second-order valence-electron chi connectivity index (χ2n) is 3.20. The van der Waals surface area contributed by atoms with Crippen LogP contribution in [-0.4, -0.2) is 24.7 Å². The molecule has 78 valence electrons. The van der Waals surface area contributed by atoms with Crippen LogP contribution in [-0.2, 0) is 6.54 Å². The molecular formula is C11H18N2O. The zero-order valence-corrected chi connectivity index (χ0v) is 8.59. The highest BCUT2D eigenvalue weighted by molar-refractivity contribution is 5.26. The molecule has 0 heterocycles. The number of phenols is 1. The van der Waals surface area contributed by atoms with Gasteiger partial charge >= 0.3 is 0 Å². The number of hydrogen-bond acceptors (Lipinski definition) is 3. The average Bonchev–Trinajstić information content (AvgIpc) is 2.18. The van der Waals surface area contributed by atoms with E-state index in [0.29, 0.717) is 5.75 Å². The standard InChI is InChI=1S/C11H18N2O/c1-2-12-6-7-13-9-10-4-3-5-11(14)8-10/h3-5,8,12-14H,2,6-7,9H2,1H3. The van der Waals surface area contributed by atoms with Gasteiger partial charge in [0.05, 0.1) is 0 Å². The molecule has 3 N–H and O–H groups in total. The molecule has 1 aromatic carbocycles. The van der Waals surface area contributed by atoms with E-state index < -0.39 is 0 Å². The Morgan fingerprint density at radius 2 is 2.00 bits per heavy atom. The number of rotatable bonds is 6. The van der Waals surface area contributed by atoms with Crippen molar-refractivity contribution in [2.24, 2.45) is 0 Å². The van der Waals surface area contributed by atoms with E-state index in [1.165, 1.54) is 0 Å². The Balaban J connectivity index is 2.18. The molecule has 0 bridgehead atoms. The highest BCUT2D eigenvalue weighted by Gasteiger charge is 1.93. The van der Waals surface area contributed by atoms with Gasteiger partial charge in [-0.15, -0.1) is 0 Å². The van der Waals surface area contributed by atoms with E-state index in [0.717, 1.165) is 31.7 Å². The first-order valence-electron chi connectivity index (χ1n) is 5.02. The lowest BCUT2D eigenvalue weighted by Gasteiger charge is -2.05. The van der Waals surface area contributed by atoms with Gasteiger partial charge in [-0.05, 0) is 24.2 Å². The third kappa shape index (κ3) is 4.25. The Bertz CT molecular complexity index is 263. The molecule has 3 heteroatoms. The van der Waals surface area contributed by atoms with Crippen molar-refractivity contribution in [3.8, 4) is 5.75 Å². The van der Waals surface area contributed by atoms with Gasteiger partial charge in [0.25, 0.3) is 0 Å². The van der Waals surface area contributed by atoms with Crippen LogP contribution in [0, 0.1) is 0 Å². The summed E-state index contributed by atoms with van der Waals surface area (Å²) in [6, 6.07) is 7.32. The van der Waals surface area contributed by atoms with E-state index >= 15 is 0 Å². The first-order chi connectivity index (χ1) is 6.83. The Morgan fingerprint density at radius 1 is 1.21 bits per heavy atom. The van der Waals surface area contributed by atoms with Crippen molar-refractivity contribution in [3.63, 3.8) is 0 Å².